The van der Waals surface area contributed by atoms with Crippen LogP contribution in [0, 0.1) is 0 Å². The van der Waals surface area contributed by atoms with Crippen LogP contribution in [0.25, 0.3) is 0 Å². The number of methoxy groups -OCH3 is 1. The number of ether oxygens (including phenoxy) is 3. The highest BCUT2D eigenvalue weighted by Crippen LogP contribution is 2.10. The maximum absolute atomic E-state index is 12.0. The van der Waals surface area contributed by atoms with Crippen LogP contribution in [0.1, 0.15) is 37.6 Å². The van der Waals surface area contributed by atoms with Crippen LogP contribution in [-0.2, 0) is 23.8 Å². The van der Waals surface area contributed by atoms with Crippen molar-refractivity contribution < 1.29 is 28.6 Å². The van der Waals surface area contributed by atoms with E-state index in [2.05, 4.69) is 10.1 Å². The molecule has 0 aliphatic carbocycles. The standard InChI is InChI=1S/C18H24ClNO6/c1-18(2,3)26-15(21)11-25-14(17(23)24-4)9-10-20-16(22)12-5-7-13(19)8-6-12/h5-8,14H,9-11H2,1-4H3,(H,20,22). The van der Waals surface area contributed by atoms with Crippen LogP contribution in [0.3, 0.4) is 0 Å². The summed E-state index contributed by atoms with van der Waals surface area (Å²) in [6.45, 7) is 4.97. The summed E-state index contributed by atoms with van der Waals surface area (Å²) >= 11 is 5.78. The number of carbonyl (C=O) groups is 3. The van der Waals surface area contributed by atoms with Crippen molar-refractivity contribution in [3.63, 3.8) is 0 Å². The van der Waals surface area contributed by atoms with Crippen LogP contribution in [0.5, 0.6) is 0 Å². The topological polar surface area (TPSA) is 90.9 Å². The van der Waals surface area contributed by atoms with Crippen molar-refractivity contribution in [1.82, 2.24) is 5.32 Å². The number of benzene rings is 1. The molecule has 0 aromatic heterocycles. The molecule has 0 spiro atoms. The number of nitrogens with one attached hydrogen (secondary N) is 1. The fraction of sp³-hybridized carbons (Fsp3) is 0.500. The largest absolute Gasteiger partial charge is 0.467 e. The molecule has 0 saturated carbocycles. The molecular weight excluding hydrogens is 362 g/mol. The maximum Gasteiger partial charge on any atom is 0.335 e. The molecule has 0 bridgehead atoms. The van der Waals surface area contributed by atoms with Gasteiger partial charge in [-0.3, -0.25) is 4.79 Å². The lowest BCUT2D eigenvalue weighted by molar-refractivity contribution is -0.168. The number of esters is 2. The zero-order valence-corrected chi connectivity index (χ0v) is 16.1. The van der Waals surface area contributed by atoms with Crippen LogP contribution < -0.4 is 5.32 Å². The molecular formula is C18H24ClNO6. The highest BCUT2D eigenvalue weighted by molar-refractivity contribution is 6.30. The molecule has 0 radical (unpaired) electrons. The number of carbonyl (C=O) groups excluding carboxylic acids is 3. The minimum Gasteiger partial charge on any atom is -0.467 e. The summed E-state index contributed by atoms with van der Waals surface area (Å²) in [5.41, 5.74) is -0.202. The van der Waals surface area contributed by atoms with Crippen LogP contribution >= 0.6 is 11.6 Å². The van der Waals surface area contributed by atoms with Crippen LogP contribution in [-0.4, -0.2) is 49.8 Å². The summed E-state index contributed by atoms with van der Waals surface area (Å²) in [5, 5.41) is 3.20. The molecule has 1 N–H and O–H groups in total. The van der Waals surface area contributed by atoms with Crippen LogP contribution in [0.15, 0.2) is 24.3 Å². The van der Waals surface area contributed by atoms with E-state index in [1.165, 1.54) is 7.11 Å². The zero-order valence-electron chi connectivity index (χ0n) is 15.3. The average Bonchev–Trinajstić information content (AvgIpc) is 2.56. The molecule has 1 aromatic rings. The third kappa shape index (κ3) is 8.31. The van der Waals surface area contributed by atoms with E-state index in [0.717, 1.165) is 0 Å². The molecule has 0 heterocycles. The third-order valence-corrected chi connectivity index (χ3v) is 3.34. The molecule has 8 heteroatoms. The minimum absolute atomic E-state index is 0.148. The smallest absolute Gasteiger partial charge is 0.335 e. The van der Waals surface area contributed by atoms with Gasteiger partial charge in [0.15, 0.2) is 6.10 Å². The number of halogens is 1. The van der Waals surface area contributed by atoms with E-state index >= 15 is 0 Å². The predicted octanol–water partition coefficient (Wildman–Crippen LogP) is 2.36. The van der Waals surface area contributed by atoms with Gasteiger partial charge < -0.3 is 19.5 Å². The van der Waals surface area contributed by atoms with Gasteiger partial charge in [0, 0.05) is 23.6 Å². The van der Waals surface area contributed by atoms with Crippen molar-refractivity contribution in [2.45, 2.75) is 38.9 Å². The van der Waals surface area contributed by atoms with E-state index < -0.39 is 23.6 Å². The Labute approximate surface area is 157 Å². The molecule has 0 fully saturated rings. The Morgan fingerprint density at radius 3 is 2.31 bits per heavy atom. The first kappa shape index (κ1) is 21.9. The van der Waals surface area contributed by atoms with Crippen molar-refractivity contribution in [1.29, 1.82) is 0 Å². The number of rotatable bonds is 8. The van der Waals surface area contributed by atoms with Gasteiger partial charge in [-0.1, -0.05) is 11.6 Å². The molecule has 144 valence electrons. The van der Waals surface area contributed by atoms with Gasteiger partial charge in [0.2, 0.25) is 0 Å². The maximum atomic E-state index is 12.0. The molecule has 1 rings (SSSR count). The average molecular weight is 386 g/mol. The van der Waals surface area contributed by atoms with E-state index in [1.54, 1.807) is 45.0 Å². The molecule has 1 aromatic carbocycles. The van der Waals surface area contributed by atoms with Crippen molar-refractivity contribution >= 4 is 29.4 Å². The predicted molar refractivity (Wildman–Crippen MR) is 96.0 cm³/mol. The van der Waals surface area contributed by atoms with E-state index in [1.807, 2.05) is 0 Å². The van der Waals surface area contributed by atoms with Gasteiger partial charge in [0.25, 0.3) is 5.91 Å². The fourth-order valence-corrected chi connectivity index (χ4v) is 2.09. The number of amides is 1. The highest BCUT2D eigenvalue weighted by atomic mass is 35.5. The lowest BCUT2D eigenvalue weighted by Crippen LogP contribution is -2.35. The Hall–Kier alpha value is -2.12. The molecule has 1 atom stereocenters. The lowest BCUT2D eigenvalue weighted by atomic mass is 10.2. The van der Waals surface area contributed by atoms with E-state index in [4.69, 9.17) is 21.1 Å². The van der Waals surface area contributed by atoms with Gasteiger partial charge in [-0.15, -0.1) is 0 Å². The Morgan fingerprint density at radius 2 is 1.77 bits per heavy atom. The number of hydrogen-bond donors (Lipinski definition) is 1. The van der Waals surface area contributed by atoms with Crippen molar-refractivity contribution in [3.8, 4) is 0 Å². The van der Waals surface area contributed by atoms with Crippen molar-refractivity contribution in [3.05, 3.63) is 34.9 Å². The lowest BCUT2D eigenvalue weighted by Gasteiger charge is -2.21. The van der Waals surface area contributed by atoms with Crippen LogP contribution in [0.4, 0.5) is 0 Å². The van der Waals surface area contributed by atoms with Crippen molar-refractivity contribution in [2.75, 3.05) is 20.3 Å². The Bertz CT molecular complexity index is 624. The molecule has 0 saturated heterocycles. The van der Waals surface area contributed by atoms with Gasteiger partial charge in [-0.05, 0) is 45.0 Å². The van der Waals surface area contributed by atoms with Gasteiger partial charge in [0.1, 0.15) is 12.2 Å². The number of hydrogen-bond acceptors (Lipinski definition) is 6. The zero-order chi connectivity index (χ0) is 19.7. The SMILES string of the molecule is COC(=O)C(CCNC(=O)c1ccc(Cl)cc1)OCC(=O)OC(C)(C)C. The van der Waals surface area contributed by atoms with Gasteiger partial charge in [-0.2, -0.15) is 0 Å². The normalized spacial score (nSPS) is 12.2. The molecule has 0 aliphatic heterocycles. The van der Waals surface area contributed by atoms with Gasteiger partial charge >= 0.3 is 11.9 Å². The summed E-state index contributed by atoms with van der Waals surface area (Å²) in [7, 11) is 1.22. The Morgan fingerprint density at radius 1 is 1.15 bits per heavy atom. The molecule has 1 amide bonds. The second kappa shape index (κ2) is 10.1. The Kier molecular flexibility index (Phi) is 8.54. The first-order chi connectivity index (χ1) is 12.1. The first-order valence-electron chi connectivity index (χ1n) is 8.07. The van der Waals surface area contributed by atoms with Gasteiger partial charge in [0.05, 0.1) is 7.11 Å². The molecule has 0 aliphatic rings. The van der Waals surface area contributed by atoms with E-state index in [0.29, 0.717) is 10.6 Å². The van der Waals surface area contributed by atoms with Gasteiger partial charge in [-0.25, -0.2) is 9.59 Å². The van der Waals surface area contributed by atoms with Crippen molar-refractivity contribution in [2.24, 2.45) is 0 Å². The summed E-state index contributed by atoms with van der Waals surface area (Å²) < 4.78 is 15.1. The Balaban J connectivity index is 2.49. The second-order valence-corrected chi connectivity index (χ2v) is 6.90. The molecule has 26 heavy (non-hydrogen) atoms. The summed E-state index contributed by atoms with van der Waals surface area (Å²) in [5.74, 6) is -1.52. The van der Waals surface area contributed by atoms with E-state index in [-0.39, 0.29) is 25.5 Å². The highest BCUT2D eigenvalue weighted by Gasteiger charge is 2.23. The minimum atomic E-state index is -0.988. The molecule has 7 nitrogen and oxygen atoms in total. The second-order valence-electron chi connectivity index (χ2n) is 6.46. The first-order valence-corrected chi connectivity index (χ1v) is 8.45. The van der Waals surface area contributed by atoms with E-state index in [9.17, 15) is 14.4 Å². The third-order valence-electron chi connectivity index (χ3n) is 3.08. The summed E-state index contributed by atoms with van der Waals surface area (Å²) in [4.78, 5) is 35.5. The fourth-order valence-electron chi connectivity index (χ4n) is 1.96. The monoisotopic (exact) mass is 385 g/mol. The quantitative estimate of drug-likeness (QED) is 0.691. The summed E-state index contributed by atoms with van der Waals surface area (Å²) in [6.07, 6.45) is -0.840. The summed E-state index contributed by atoms with van der Waals surface area (Å²) in [6, 6.07) is 6.40. The molecule has 1 unspecified atom stereocenters. The van der Waals surface area contributed by atoms with Crippen LogP contribution in [0.2, 0.25) is 5.02 Å².